The van der Waals surface area contributed by atoms with E-state index in [1.165, 1.54) is 5.57 Å². The zero-order chi connectivity index (χ0) is 12.8. The van der Waals surface area contributed by atoms with Crippen molar-refractivity contribution >= 4 is 11.9 Å². The Morgan fingerprint density at radius 3 is 2.47 bits per heavy atom. The quantitative estimate of drug-likeness (QED) is 0.741. The molecule has 4 nitrogen and oxygen atoms in total. The number of carbonyl (C=O) groups excluding carboxylic acids is 1. The van der Waals surface area contributed by atoms with E-state index in [2.05, 4.69) is 6.92 Å². The van der Waals surface area contributed by atoms with Crippen LogP contribution in [0.1, 0.15) is 27.2 Å². The van der Waals surface area contributed by atoms with Crippen molar-refractivity contribution < 1.29 is 14.7 Å². The summed E-state index contributed by atoms with van der Waals surface area (Å²) < 4.78 is 0. The van der Waals surface area contributed by atoms with Gasteiger partial charge >= 0.3 is 5.97 Å². The van der Waals surface area contributed by atoms with Gasteiger partial charge in [-0.2, -0.15) is 0 Å². The lowest BCUT2D eigenvalue weighted by Crippen LogP contribution is -2.37. The lowest BCUT2D eigenvalue weighted by Gasteiger charge is -2.26. The highest BCUT2D eigenvalue weighted by Crippen LogP contribution is 2.59. The molecule has 2 atom stereocenters. The maximum atomic E-state index is 12.2. The van der Waals surface area contributed by atoms with Crippen molar-refractivity contribution in [2.45, 2.75) is 27.2 Å². The fourth-order valence-electron chi connectivity index (χ4n) is 2.73. The fourth-order valence-corrected chi connectivity index (χ4v) is 2.73. The lowest BCUT2D eigenvalue weighted by atomic mass is 10.1. The molecule has 0 bridgehead atoms. The number of carboxylic acid groups (broad SMARTS) is 1. The van der Waals surface area contributed by atoms with E-state index in [0.717, 1.165) is 13.0 Å². The first kappa shape index (κ1) is 12.1. The second-order valence-corrected chi connectivity index (χ2v) is 5.70. The van der Waals surface area contributed by atoms with Crippen LogP contribution in [0.15, 0.2) is 11.6 Å². The molecule has 1 N–H and O–H groups in total. The van der Waals surface area contributed by atoms with Crippen molar-refractivity contribution in [2.24, 2.45) is 17.3 Å². The highest BCUT2D eigenvalue weighted by atomic mass is 16.4. The van der Waals surface area contributed by atoms with Crippen LogP contribution in [0.5, 0.6) is 0 Å². The first-order chi connectivity index (χ1) is 7.85. The first-order valence-corrected chi connectivity index (χ1v) is 6.03. The molecular formula is C13H19NO3. The molecule has 0 aromatic heterocycles. The van der Waals surface area contributed by atoms with Crippen molar-refractivity contribution in [3.8, 4) is 0 Å². The Morgan fingerprint density at radius 1 is 1.41 bits per heavy atom. The van der Waals surface area contributed by atoms with E-state index in [4.69, 9.17) is 5.11 Å². The summed E-state index contributed by atoms with van der Waals surface area (Å²) in [4.78, 5) is 25.1. The van der Waals surface area contributed by atoms with Crippen LogP contribution in [0, 0.1) is 17.3 Å². The molecular weight excluding hydrogens is 218 g/mol. The summed E-state index contributed by atoms with van der Waals surface area (Å²) in [5, 5.41) is 9.07. The third kappa shape index (κ3) is 1.96. The van der Waals surface area contributed by atoms with Gasteiger partial charge in [-0.15, -0.1) is 0 Å². The average molecular weight is 237 g/mol. The predicted molar refractivity (Wildman–Crippen MR) is 63.4 cm³/mol. The van der Waals surface area contributed by atoms with Gasteiger partial charge in [-0.25, -0.2) is 0 Å². The molecule has 1 aliphatic carbocycles. The van der Waals surface area contributed by atoms with E-state index in [0.29, 0.717) is 6.54 Å². The smallest absolute Gasteiger partial charge is 0.307 e. The molecule has 1 heterocycles. The van der Waals surface area contributed by atoms with E-state index in [1.54, 1.807) is 4.90 Å². The van der Waals surface area contributed by atoms with Crippen molar-refractivity contribution in [3.05, 3.63) is 11.6 Å². The first-order valence-electron chi connectivity index (χ1n) is 6.03. The van der Waals surface area contributed by atoms with Crippen molar-refractivity contribution in [3.63, 3.8) is 0 Å². The molecule has 0 aromatic rings. The largest absolute Gasteiger partial charge is 0.481 e. The fraction of sp³-hybridized carbons (Fsp3) is 0.692. The summed E-state index contributed by atoms with van der Waals surface area (Å²) in [5.74, 6) is -1.70. The zero-order valence-corrected chi connectivity index (χ0v) is 10.6. The van der Waals surface area contributed by atoms with Gasteiger partial charge in [-0.1, -0.05) is 25.5 Å². The maximum absolute atomic E-state index is 12.2. The second-order valence-electron chi connectivity index (χ2n) is 5.70. The molecule has 0 aromatic carbocycles. The zero-order valence-electron chi connectivity index (χ0n) is 10.6. The van der Waals surface area contributed by atoms with Crippen LogP contribution in [0.4, 0.5) is 0 Å². The Morgan fingerprint density at radius 2 is 2.06 bits per heavy atom. The van der Waals surface area contributed by atoms with Crippen LogP contribution in [0.25, 0.3) is 0 Å². The molecule has 1 fully saturated rings. The molecule has 17 heavy (non-hydrogen) atoms. The van der Waals surface area contributed by atoms with Crippen molar-refractivity contribution in [2.75, 3.05) is 13.1 Å². The van der Waals surface area contributed by atoms with E-state index in [1.807, 2.05) is 19.9 Å². The third-order valence-electron chi connectivity index (χ3n) is 4.11. The Hall–Kier alpha value is -1.32. The molecule has 4 heteroatoms. The molecule has 94 valence electrons. The molecule has 1 saturated carbocycles. The maximum Gasteiger partial charge on any atom is 0.307 e. The molecule has 0 saturated heterocycles. The average Bonchev–Trinajstić information content (AvgIpc) is 2.82. The third-order valence-corrected chi connectivity index (χ3v) is 4.11. The number of hydrogen-bond donors (Lipinski definition) is 1. The summed E-state index contributed by atoms with van der Waals surface area (Å²) in [6, 6.07) is 0. The molecule has 2 rings (SSSR count). The number of aliphatic carboxylic acids is 1. The Labute approximate surface area is 101 Å². The molecule has 1 amide bonds. The topological polar surface area (TPSA) is 57.6 Å². The van der Waals surface area contributed by atoms with Gasteiger partial charge in [-0.3, -0.25) is 9.59 Å². The summed E-state index contributed by atoms with van der Waals surface area (Å²) >= 11 is 0. The molecule has 0 radical (unpaired) electrons. The number of carboxylic acids is 1. The highest BCUT2D eigenvalue weighted by molar-refractivity contribution is 5.91. The van der Waals surface area contributed by atoms with Gasteiger partial charge < -0.3 is 10.0 Å². The summed E-state index contributed by atoms with van der Waals surface area (Å²) in [6.07, 6.45) is 2.95. The van der Waals surface area contributed by atoms with E-state index < -0.39 is 11.9 Å². The molecule has 0 unspecified atom stereocenters. The van der Waals surface area contributed by atoms with Gasteiger partial charge in [0.25, 0.3) is 0 Å². The highest BCUT2D eigenvalue weighted by Gasteiger charge is 2.66. The molecule has 0 spiro atoms. The van der Waals surface area contributed by atoms with Crippen LogP contribution >= 0.6 is 0 Å². The number of amides is 1. The minimum Gasteiger partial charge on any atom is -0.481 e. The lowest BCUT2D eigenvalue weighted by molar-refractivity contribution is -0.142. The van der Waals surface area contributed by atoms with E-state index >= 15 is 0 Å². The van der Waals surface area contributed by atoms with Gasteiger partial charge in [0.05, 0.1) is 11.8 Å². The van der Waals surface area contributed by atoms with Gasteiger partial charge in [0.2, 0.25) is 5.91 Å². The number of hydrogen-bond acceptors (Lipinski definition) is 2. The van der Waals surface area contributed by atoms with Crippen LogP contribution in [-0.4, -0.2) is 35.0 Å². The Bertz CT molecular complexity index is 397. The summed E-state index contributed by atoms with van der Waals surface area (Å²) in [5.41, 5.74) is 0.915. The second kappa shape index (κ2) is 3.86. The number of nitrogens with zero attached hydrogens (tertiary/aromatic N) is 1. The standard InChI is InChI=1S/C13H19NO3/c1-8-4-6-14(7-5-8)11(15)9-10(12(16)17)13(9,2)3/h4,9-10H,5-7H2,1-3H3,(H,16,17)/t9-,10+/m1/s1. The van der Waals surface area contributed by atoms with Crippen LogP contribution < -0.4 is 0 Å². The van der Waals surface area contributed by atoms with Gasteiger partial charge in [0.1, 0.15) is 0 Å². The predicted octanol–water partition coefficient (Wildman–Crippen LogP) is 1.52. The normalized spacial score (nSPS) is 30.8. The Kier molecular flexibility index (Phi) is 2.76. The van der Waals surface area contributed by atoms with E-state index in [9.17, 15) is 9.59 Å². The van der Waals surface area contributed by atoms with Crippen LogP contribution in [0.3, 0.4) is 0 Å². The Balaban J connectivity index is 2.05. The van der Waals surface area contributed by atoms with Gasteiger partial charge in [0, 0.05) is 13.1 Å². The number of rotatable bonds is 2. The van der Waals surface area contributed by atoms with Crippen molar-refractivity contribution in [1.82, 2.24) is 4.90 Å². The van der Waals surface area contributed by atoms with Gasteiger partial charge in [0.15, 0.2) is 0 Å². The monoisotopic (exact) mass is 237 g/mol. The van der Waals surface area contributed by atoms with Gasteiger partial charge in [-0.05, 0) is 18.8 Å². The minimum absolute atomic E-state index is 0.00569. The van der Waals surface area contributed by atoms with Crippen molar-refractivity contribution in [1.29, 1.82) is 0 Å². The summed E-state index contributed by atoms with van der Waals surface area (Å²) in [7, 11) is 0. The molecule has 2 aliphatic rings. The summed E-state index contributed by atoms with van der Waals surface area (Å²) in [6.45, 7) is 7.13. The molecule has 1 aliphatic heterocycles. The van der Waals surface area contributed by atoms with Crippen LogP contribution in [0.2, 0.25) is 0 Å². The minimum atomic E-state index is -0.850. The van der Waals surface area contributed by atoms with Crippen LogP contribution in [-0.2, 0) is 9.59 Å². The number of carbonyl (C=O) groups is 2. The van der Waals surface area contributed by atoms with E-state index in [-0.39, 0.29) is 17.2 Å². The SMILES string of the molecule is CC1=CCN(C(=O)[C@H]2[C@@H](C(=O)O)C2(C)C)CC1.